The van der Waals surface area contributed by atoms with Crippen LogP contribution in [0.15, 0.2) is 53.4 Å². The van der Waals surface area contributed by atoms with Gasteiger partial charge in [-0.3, -0.25) is 0 Å². The minimum atomic E-state index is -3.28. The number of hydrogen-bond donors (Lipinski definition) is 2. The normalized spacial score (nSPS) is 16.9. The summed E-state index contributed by atoms with van der Waals surface area (Å²) >= 11 is 0. The minimum Gasteiger partial charge on any atom is -0.396 e. The zero-order chi connectivity index (χ0) is 18.9. The van der Waals surface area contributed by atoms with Gasteiger partial charge in [0.1, 0.15) is 5.82 Å². The van der Waals surface area contributed by atoms with E-state index in [2.05, 4.69) is 0 Å². The van der Waals surface area contributed by atoms with Crippen LogP contribution in [0, 0.1) is 11.2 Å². The molecule has 0 aromatic heterocycles. The molecule has 0 amide bonds. The van der Waals surface area contributed by atoms with E-state index in [-0.39, 0.29) is 23.9 Å². The third-order valence-corrected chi connectivity index (χ3v) is 6.09. The maximum Gasteiger partial charge on any atom is 0.175 e. The Kier molecular flexibility index (Phi) is 5.01. The third-order valence-electron chi connectivity index (χ3n) is 4.96. The highest BCUT2D eigenvalue weighted by molar-refractivity contribution is 7.90. The number of halogens is 1. The summed E-state index contributed by atoms with van der Waals surface area (Å²) in [6.45, 7) is -0.335. The number of allylic oxidation sites excluding steroid dienone is 2. The maximum atomic E-state index is 13.3. The molecule has 2 aromatic carbocycles. The average molecular weight is 376 g/mol. The fraction of sp³-hybridized carbons (Fsp3) is 0.300. The third kappa shape index (κ3) is 3.58. The number of hydrogen-bond acceptors (Lipinski definition) is 4. The summed E-state index contributed by atoms with van der Waals surface area (Å²) in [5.74, 6) is -0.331. The predicted octanol–water partition coefficient (Wildman–Crippen LogP) is 2.90. The molecule has 0 aliphatic heterocycles. The van der Waals surface area contributed by atoms with E-state index in [0.717, 1.165) is 28.5 Å². The zero-order valence-electron chi connectivity index (χ0n) is 14.4. The van der Waals surface area contributed by atoms with Gasteiger partial charge in [0, 0.05) is 11.7 Å². The van der Waals surface area contributed by atoms with Gasteiger partial charge in [-0.2, -0.15) is 0 Å². The lowest BCUT2D eigenvalue weighted by atomic mass is 9.84. The van der Waals surface area contributed by atoms with Gasteiger partial charge in [-0.25, -0.2) is 12.8 Å². The maximum absolute atomic E-state index is 13.3. The van der Waals surface area contributed by atoms with Gasteiger partial charge >= 0.3 is 0 Å². The van der Waals surface area contributed by atoms with Gasteiger partial charge < -0.3 is 10.2 Å². The van der Waals surface area contributed by atoms with Crippen molar-refractivity contribution in [1.82, 2.24) is 0 Å². The van der Waals surface area contributed by atoms with Crippen molar-refractivity contribution in [2.24, 2.45) is 5.41 Å². The van der Waals surface area contributed by atoms with Crippen molar-refractivity contribution in [2.45, 2.75) is 17.7 Å². The summed E-state index contributed by atoms with van der Waals surface area (Å²) in [4.78, 5) is 0.235. The number of aliphatic hydroxyl groups excluding tert-OH is 2. The van der Waals surface area contributed by atoms with Gasteiger partial charge in [0.05, 0.1) is 18.1 Å². The number of benzene rings is 2. The smallest absolute Gasteiger partial charge is 0.175 e. The van der Waals surface area contributed by atoms with Crippen molar-refractivity contribution in [1.29, 1.82) is 0 Å². The predicted molar refractivity (Wildman–Crippen MR) is 98.6 cm³/mol. The highest BCUT2D eigenvalue weighted by Gasteiger charge is 2.38. The monoisotopic (exact) mass is 376 g/mol. The van der Waals surface area contributed by atoms with Gasteiger partial charge in [0.25, 0.3) is 0 Å². The van der Waals surface area contributed by atoms with Gasteiger partial charge in [0.2, 0.25) is 0 Å². The second-order valence-corrected chi connectivity index (χ2v) is 8.95. The summed E-state index contributed by atoms with van der Waals surface area (Å²) in [5, 5.41) is 19.6. The lowest BCUT2D eigenvalue weighted by Gasteiger charge is -2.24. The van der Waals surface area contributed by atoms with Crippen LogP contribution < -0.4 is 0 Å². The van der Waals surface area contributed by atoms with Crippen molar-refractivity contribution < 1.29 is 23.0 Å². The molecule has 0 fully saturated rings. The Morgan fingerprint density at radius 3 is 1.69 bits per heavy atom. The molecule has 0 atom stereocenters. The standard InChI is InChI=1S/C20H21FO4S/c1-26(24,25)17-8-4-15(5-9-17)19-11-20(12-22,13-23)10-18(19)14-2-6-16(21)7-3-14/h2-9,22-23H,10-13H2,1H3. The first-order valence-electron chi connectivity index (χ1n) is 8.28. The van der Waals surface area contributed by atoms with E-state index in [1.165, 1.54) is 12.1 Å². The van der Waals surface area contributed by atoms with E-state index in [9.17, 15) is 23.0 Å². The molecule has 3 rings (SSSR count). The molecule has 1 aliphatic carbocycles. The molecule has 1 aliphatic rings. The number of aliphatic hydroxyl groups is 2. The van der Waals surface area contributed by atoms with E-state index >= 15 is 0 Å². The van der Waals surface area contributed by atoms with E-state index in [4.69, 9.17) is 0 Å². The fourth-order valence-electron chi connectivity index (χ4n) is 3.41. The lowest BCUT2D eigenvalue weighted by Crippen LogP contribution is -2.27. The summed E-state index contributed by atoms with van der Waals surface area (Å²) in [5.41, 5.74) is 2.85. The van der Waals surface area contributed by atoms with Crippen molar-refractivity contribution >= 4 is 21.0 Å². The van der Waals surface area contributed by atoms with Crippen molar-refractivity contribution in [3.05, 3.63) is 65.5 Å². The molecule has 138 valence electrons. The first kappa shape index (κ1) is 18.8. The second kappa shape index (κ2) is 6.95. The quantitative estimate of drug-likeness (QED) is 0.841. The summed E-state index contributed by atoms with van der Waals surface area (Å²) in [6, 6.07) is 12.7. The first-order chi connectivity index (χ1) is 12.3. The van der Waals surface area contributed by atoms with Crippen LogP contribution in [0.5, 0.6) is 0 Å². The second-order valence-electron chi connectivity index (χ2n) is 6.93. The Balaban J connectivity index is 2.09. The summed E-state index contributed by atoms with van der Waals surface area (Å²) < 4.78 is 36.6. The first-order valence-corrected chi connectivity index (χ1v) is 10.2. The molecule has 0 radical (unpaired) electrons. The molecule has 0 bridgehead atoms. The van der Waals surface area contributed by atoms with Crippen LogP contribution in [-0.2, 0) is 9.84 Å². The summed E-state index contributed by atoms with van der Waals surface area (Å²) in [6.07, 6.45) is 2.09. The Bertz CT molecular complexity index is 925. The molecule has 2 N–H and O–H groups in total. The number of rotatable bonds is 5. The van der Waals surface area contributed by atoms with E-state index in [1.54, 1.807) is 36.4 Å². The van der Waals surface area contributed by atoms with Crippen molar-refractivity contribution in [3.8, 4) is 0 Å². The van der Waals surface area contributed by atoms with Crippen LogP contribution in [0.2, 0.25) is 0 Å². The Morgan fingerprint density at radius 2 is 1.31 bits per heavy atom. The minimum absolute atomic E-state index is 0.168. The molecule has 2 aromatic rings. The molecule has 0 heterocycles. The van der Waals surface area contributed by atoms with Gasteiger partial charge in [-0.15, -0.1) is 0 Å². The Morgan fingerprint density at radius 1 is 0.885 bits per heavy atom. The Hall–Kier alpha value is -2.02. The number of sulfone groups is 1. The average Bonchev–Trinajstić information content (AvgIpc) is 3.02. The van der Waals surface area contributed by atoms with Crippen LogP contribution in [0.25, 0.3) is 11.1 Å². The van der Waals surface area contributed by atoms with E-state index in [1.807, 2.05) is 0 Å². The van der Waals surface area contributed by atoms with Crippen LogP contribution in [0.4, 0.5) is 4.39 Å². The highest BCUT2D eigenvalue weighted by Crippen LogP contribution is 2.49. The SMILES string of the molecule is CS(=O)(=O)c1ccc(C2=C(c3ccc(F)cc3)CC(CO)(CO)C2)cc1. The lowest BCUT2D eigenvalue weighted by molar-refractivity contribution is 0.0677. The highest BCUT2D eigenvalue weighted by atomic mass is 32.2. The molecule has 0 unspecified atom stereocenters. The van der Waals surface area contributed by atoms with Crippen LogP contribution >= 0.6 is 0 Å². The van der Waals surface area contributed by atoms with Gasteiger partial charge in [0.15, 0.2) is 9.84 Å². The molecule has 0 saturated heterocycles. The van der Waals surface area contributed by atoms with E-state index < -0.39 is 15.3 Å². The van der Waals surface area contributed by atoms with Crippen LogP contribution in [0.1, 0.15) is 24.0 Å². The molecule has 0 spiro atoms. The topological polar surface area (TPSA) is 74.6 Å². The molecule has 26 heavy (non-hydrogen) atoms. The zero-order valence-corrected chi connectivity index (χ0v) is 15.3. The largest absolute Gasteiger partial charge is 0.396 e. The molecular formula is C20H21FO4S. The summed E-state index contributed by atoms with van der Waals surface area (Å²) in [7, 11) is -3.28. The molecule has 6 heteroatoms. The molecule has 0 saturated carbocycles. The molecule has 4 nitrogen and oxygen atoms in total. The van der Waals surface area contributed by atoms with Gasteiger partial charge in [-0.1, -0.05) is 24.3 Å². The van der Waals surface area contributed by atoms with Crippen LogP contribution in [-0.4, -0.2) is 38.1 Å². The Labute approximate surface area is 152 Å². The van der Waals surface area contributed by atoms with Gasteiger partial charge in [-0.05, 0) is 59.4 Å². The van der Waals surface area contributed by atoms with Crippen molar-refractivity contribution in [3.63, 3.8) is 0 Å². The fourth-order valence-corrected chi connectivity index (χ4v) is 4.04. The van der Waals surface area contributed by atoms with Crippen LogP contribution in [0.3, 0.4) is 0 Å². The van der Waals surface area contributed by atoms with Crippen molar-refractivity contribution in [2.75, 3.05) is 19.5 Å². The molecular weight excluding hydrogens is 355 g/mol. The van der Waals surface area contributed by atoms with E-state index in [0.29, 0.717) is 12.8 Å².